The average Bonchev–Trinajstić information content (AvgIpc) is 2.95. The molecule has 1 aromatic heterocycles. The zero-order chi connectivity index (χ0) is 15.5. The Balaban J connectivity index is 1.73. The van der Waals surface area contributed by atoms with E-state index in [0.717, 1.165) is 32.7 Å². The number of nitrogens with zero attached hydrogens (tertiary/aromatic N) is 3. The van der Waals surface area contributed by atoms with Crippen LogP contribution in [0.15, 0.2) is 29.3 Å². The number of ether oxygens (including phenoxy) is 1. The Morgan fingerprint density at radius 3 is 3.14 bits per heavy atom. The molecule has 0 unspecified atom stereocenters. The molecule has 6 heteroatoms. The molecule has 1 aliphatic heterocycles. The molecule has 0 spiro atoms. The van der Waals surface area contributed by atoms with Gasteiger partial charge in [0, 0.05) is 32.8 Å². The lowest BCUT2D eigenvalue weighted by atomic mass is 10.1. The minimum absolute atomic E-state index is 0.0969. The first kappa shape index (κ1) is 15.1. The molecule has 2 heterocycles. The van der Waals surface area contributed by atoms with E-state index >= 15 is 0 Å². The molecule has 1 aromatic carbocycles. The highest BCUT2D eigenvalue weighted by Crippen LogP contribution is 2.17. The summed E-state index contributed by atoms with van der Waals surface area (Å²) in [6.07, 6.45) is 2.60. The fourth-order valence-corrected chi connectivity index (χ4v) is 3.03. The fourth-order valence-electron chi connectivity index (χ4n) is 3.03. The highest BCUT2D eigenvalue weighted by Gasteiger charge is 2.22. The summed E-state index contributed by atoms with van der Waals surface area (Å²) in [6, 6.07) is 4.11. The monoisotopic (exact) mass is 305 g/mol. The first-order valence-electron chi connectivity index (χ1n) is 7.53. The summed E-state index contributed by atoms with van der Waals surface area (Å²) in [5.74, 6) is 0.0657. The van der Waals surface area contributed by atoms with E-state index in [1.54, 1.807) is 11.7 Å². The maximum Gasteiger partial charge on any atom is 0.261 e. The number of hydrogen-bond acceptors (Lipinski definition) is 4. The van der Waals surface area contributed by atoms with Crippen molar-refractivity contribution < 1.29 is 9.13 Å². The molecule has 118 valence electrons. The van der Waals surface area contributed by atoms with Crippen molar-refractivity contribution in [2.45, 2.75) is 13.0 Å². The molecule has 1 aliphatic rings. The van der Waals surface area contributed by atoms with Crippen LogP contribution in [0.3, 0.4) is 0 Å². The van der Waals surface area contributed by atoms with E-state index < -0.39 is 0 Å². The largest absolute Gasteiger partial charge is 0.383 e. The van der Waals surface area contributed by atoms with E-state index in [-0.39, 0.29) is 11.4 Å². The van der Waals surface area contributed by atoms with Gasteiger partial charge in [0.05, 0.1) is 23.8 Å². The van der Waals surface area contributed by atoms with Crippen molar-refractivity contribution in [3.63, 3.8) is 0 Å². The van der Waals surface area contributed by atoms with Crippen LogP contribution >= 0.6 is 0 Å². The number of benzene rings is 1. The van der Waals surface area contributed by atoms with Crippen LogP contribution in [0, 0.1) is 11.7 Å². The third-order valence-corrected chi connectivity index (χ3v) is 4.22. The van der Waals surface area contributed by atoms with Gasteiger partial charge in [-0.1, -0.05) is 0 Å². The van der Waals surface area contributed by atoms with E-state index in [4.69, 9.17) is 4.74 Å². The lowest BCUT2D eigenvalue weighted by Crippen LogP contribution is -2.28. The standard InChI is InChI=1S/C16H20FN3O2/c1-22-7-6-19-5-4-12(9-19)10-20-11-18-15-8-13(17)2-3-14(15)16(20)21/h2-3,8,11-12H,4-7,9-10H2,1H3/t12-/m1/s1. The summed E-state index contributed by atoms with van der Waals surface area (Å²) in [7, 11) is 1.71. The van der Waals surface area contributed by atoms with Crippen molar-refractivity contribution >= 4 is 10.9 Å². The molecular weight excluding hydrogens is 285 g/mol. The van der Waals surface area contributed by atoms with Gasteiger partial charge < -0.3 is 9.64 Å². The van der Waals surface area contributed by atoms with Crippen molar-refractivity contribution in [2.24, 2.45) is 5.92 Å². The number of fused-ring (bicyclic) bond motifs is 1. The number of rotatable bonds is 5. The molecule has 0 aliphatic carbocycles. The van der Waals surface area contributed by atoms with Crippen molar-refractivity contribution in [3.8, 4) is 0 Å². The zero-order valence-electron chi connectivity index (χ0n) is 12.7. The summed E-state index contributed by atoms with van der Waals surface area (Å²) >= 11 is 0. The van der Waals surface area contributed by atoms with Crippen molar-refractivity contribution in [1.82, 2.24) is 14.5 Å². The fraction of sp³-hybridized carbons (Fsp3) is 0.500. The second-order valence-electron chi connectivity index (χ2n) is 5.81. The summed E-state index contributed by atoms with van der Waals surface area (Å²) < 4.78 is 19.9. The molecule has 1 fully saturated rings. The van der Waals surface area contributed by atoms with Crippen LogP contribution in [0.4, 0.5) is 4.39 Å². The number of hydrogen-bond donors (Lipinski definition) is 0. The predicted octanol–water partition coefficient (Wildman–Crippen LogP) is 1.50. The van der Waals surface area contributed by atoms with E-state index in [9.17, 15) is 9.18 Å². The van der Waals surface area contributed by atoms with Gasteiger partial charge in [0.25, 0.3) is 5.56 Å². The van der Waals surface area contributed by atoms with Gasteiger partial charge in [0.15, 0.2) is 0 Å². The van der Waals surface area contributed by atoms with Gasteiger partial charge in [-0.25, -0.2) is 9.37 Å². The van der Waals surface area contributed by atoms with E-state index in [2.05, 4.69) is 9.88 Å². The Hall–Kier alpha value is -1.79. The molecule has 1 saturated heterocycles. The van der Waals surface area contributed by atoms with Crippen LogP contribution in [0.25, 0.3) is 10.9 Å². The third-order valence-electron chi connectivity index (χ3n) is 4.22. The first-order valence-corrected chi connectivity index (χ1v) is 7.53. The quantitative estimate of drug-likeness (QED) is 0.840. The van der Waals surface area contributed by atoms with Gasteiger partial charge in [-0.2, -0.15) is 0 Å². The van der Waals surface area contributed by atoms with Crippen LogP contribution in [0.5, 0.6) is 0 Å². The topological polar surface area (TPSA) is 47.4 Å². The average molecular weight is 305 g/mol. The van der Waals surface area contributed by atoms with Crippen molar-refractivity contribution in [2.75, 3.05) is 33.4 Å². The van der Waals surface area contributed by atoms with Gasteiger partial charge in [0.1, 0.15) is 5.82 Å². The van der Waals surface area contributed by atoms with Crippen LogP contribution in [-0.4, -0.2) is 47.8 Å². The Kier molecular flexibility index (Phi) is 4.49. The van der Waals surface area contributed by atoms with E-state index in [1.807, 2.05) is 0 Å². The number of halogens is 1. The lowest BCUT2D eigenvalue weighted by Gasteiger charge is -2.16. The van der Waals surface area contributed by atoms with Crippen molar-refractivity contribution in [1.29, 1.82) is 0 Å². The Morgan fingerprint density at radius 1 is 1.45 bits per heavy atom. The van der Waals surface area contributed by atoms with Crippen LogP contribution in [0.1, 0.15) is 6.42 Å². The molecular formula is C16H20FN3O2. The first-order chi connectivity index (χ1) is 10.7. The SMILES string of the molecule is COCCN1CC[C@@H](Cn2cnc3cc(F)ccc3c2=O)C1. The van der Waals surface area contributed by atoms with Crippen molar-refractivity contribution in [3.05, 3.63) is 40.7 Å². The summed E-state index contributed by atoms with van der Waals surface area (Å²) in [5, 5.41) is 0.470. The van der Waals surface area contributed by atoms with Crippen LogP contribution in [0.2, 0.25) is 0 Å². The number of likely N-dealkylation sites (tertiary alicyclic amines) is 1. The van der Waals surface area contributed by atoms with E-state index in [1.165, 1.54) is 24.5 Å². The molecule has 0 amide bonds. The summed E-state index contributed by atoms with van der Waals surface area (Å²) in [6.45, 7) is 4.32. The predicted molar refractivity (Wildman–Crippen MR) is 82.4 cm³/mol. The summed E-state index contributed by atoms with van der Waals surface area (Å²) in [5.41, 5.74) is 0.315. The van der Waals surface area contributed by atoms with Crippen LogP contribution < -0.4 is 5.56 Å². The van der Waals surface area contributed by atoms with Gasteiger partial charge in [-0.15, -0.1) is 0 Å². The molecule has 3 rings (SSSR count). The maximum atomic E-state index is 13.2. The normalized spacial score (nSPS) is 19.1. The highest BCUT2D eigenvalue weighted by molar-refractivity contribution is 5.77. The number of methoxy groups -OCH3 is 1. The third kappa shape index (κ3) is 3.18. The smallest absolute Gasteiger partial charge is 0.261 e. The molecule has 22 heavy (non-hydrogen) atoms. The Morgan fingerprint density at radius 2 is 2.32 bits per heavy atom. The minimum atomic E-state index is -0.373. The van der Waals surface area contributed by atoms with E-state index in [0.29, 0.717) is 23.4 Å². The molecule has 0 radical (unpaired) electrons. The Labute approximate surface area is 128 Å². The minimum Gasteiger partial charge on any atom is -0.383 e. The van der Waals surface area contributed by atoms with Gasteiger partial charge in [-0.05, 0) is 31.0 Å². The Bertz CT molecular complexity index is 716. The highest BCUT2D eigenvalue weighted by atomic mass is 19.1. The number of aromatic nitrogens is 2. The molecule has 1 atom stereocenters. The second-order valence-corrected chi connectivity index (χ2v) is 5.81. The maximum absolute atomic E-state index is 13.2. The molecule has 0 saturated carbocycles. The summed E-state index contributed by atoms with van der Waals surface area (Å²) in [4.78, 5) is 19.0. The van der Waals surface area contributed by atoms with Gasteiger partial charge >= 0.3 is 0 Å². The molecule has 2 aromatic rings. The van der Waals surface area contributed by atoms with Gasteiger partial charge in [0.2, 0.25) is 0 Å². The van der Waals surface area contributed by atoms with Gasteiger partial charge in [-0.3, -0.25) is 9.36 Å². The molecule has 5 nitrogen and oxygen atoms in total. The zero-order valence-corrected chi connectivity index (χ0v) is 12.7. The lowest BCUT2D eigenvalue weighted by molar-refractivity contribution is 0.158. The molecule has 0 N–H and O–H groups in total. The molecule has 0 bridgehead atoms. The van der Waals surface area contributed by atoms with Crippen LogP contribution in [-0.2, 0) is 11.3 Å². The second kappa shape index (κ2) is 6.54.